The molecule has 35 heavy (non-hydrogen) atoms. The number of halogens is 1. The Hall–Kier alpha value is -3.68. The van der Waals surface area contributed by atoms with Crippen molar-refractivity contribution in [2.75, 3.05) is 19.7 Å². The van der Waals surface area contributed by atoms with E-state index in [1.165, 1.54) is 17.7 Å². The highest BCUT2D eigenvalue weighted by molar-refractivity contribution is 5.70. The molecule has 2 aliphatic rings. The molecule has 3 aromatic rings. The molecule has 0 bridgehead atoms. The third-order valence-electron chi connectivity index (χ3n) is 6.41. The number of piperidine rings is 1. The van der Waals surface area contributed by atoms with Gasteiger partial charge in [0.2, 0.25) is 5.88 Å². The lowest BCUT2D eigenvalue weighted by molar-refractivity contribution is 0.00723. The second-order valence-corrected chi connectivity index (χ2v) is 10.2. The van der Waals surface area contributed by atoms with Gasteiger partial charge in [0.25, 0.3) is 0 Å². The number of likely N-dealkylation sites (tertiary alicyclic amines) is 1. The van der Waals surface area contributed by atoms with E-state index < -0.39 is 11.0 Å². The van der Waals surface area contributed by atoms with Gasteiger partial charge in [-0.1, -0.05) is 11.6 Å². The number of nitrogens with zero attached hydrogens (tertiary/aromatic N) is 4. The van der Waals surface area contributed by atoms with Crippen LogP contribution in [-0.4, -0.2) is 51.1 Å². The molecule has 1 aliphatic carbocycles. The number of rotatable bonds is 4. The van der Waals surface area contributed by atoms with Crippen molar-refractivity contribution >= 4 is 12.2 Å². The number of aromatic nitrogens is 3. The van der Waals surface area contributed by atoms with Crippen molar-refractivity contribution in [2.24, 2.45) is 5.41 Å². The third kappa shape index (κ3) is 4.78. The van der Waals surface area contributed by atoms with Gasteiger partial charge in [-0.15, -0.1) is 0 Å². The van der Waals surface area contributed by atoms with E-state index in [4.69, 9.17) is 9.47 Å². The fourth-order valence-corrected chi connectivity index (χ4v) is 4.78. The largest absolute Gasteiger partial charge is 0.477 e. The van der Waals surface area contributed by atoms with E-state index in [9.17, 15) is 9.18 Å². The maximum absolute atomic E-state index is 13.5. The van der Waals surface area contributed by atoms with Crippen molar-refractivity contribution in [3.05, 3.63) is 77.5 Å². The van der Waals surface area contributed by atoms with E-state index in [0.29, 0.717) is 38.4 Å². The van der Waals surface area contributed by atoms with Gasteiger partial charge in [-0.05, 0) is 75.6 Å². The molecule has 0 spiro atoms. The fourth-order valence-electron chi connectivity index (χ4n) is 4.78. The van der Waals surface area contributed by atoms with Crippen LogP contribution in [0, 0.1) is 11.2 Å². The van der Waals surface area contributed by atoms with Crippen LogP contribution in [0.4, 0.5) is 9.18 Å². The molecule has 1 fully saturated rings. The number of carbonyl (C=O) groups excluding carboxylic acids is 1. The van der Waals surface area contributed by atoms with E-state index in [1.54, 1.807) is 23.2 Å². The van der Waals surface area contributed by atoms with Crippen LogP contribution in [0.2, 0.25) is 0 Å². The summed E-state index contributed by atoms with van der Waals surface area (Å²) >= 11 is 0. The zero-order chi connectivity index (χ0) is 24.6. The minimum atomic E-state index is -0.569. The highest BCUT2D eigenvalue weighted by Crippen LogP contribution is 2.44. The Bertz CT molecular complexity index is 1250. The first kappa shape index (κ1) is 23.1. The summed E-state index contributed by atoms with van der Waals surface area (Å²) in [5.74, 6) is 0.261. The van der Waals surface area contributed by atoms with Crippen molar-refractivity contribution < 1.29 is 18.7 Å². The van der Waals surface area contributed by atoms with Gasteiger partial charge in [0, 0.05) is 30.8 Å². The van der Waals surface area contributed by atoms with Crippen molar-refractivity contribution in [3.63, 3.8) is 0 Å². The SMILES string of the molecule is CC(C)(C)OC(=O)N1CCC2=Cc3c(cnn3-c3ccc(F)cc3)CC2(COc2ccccn2)C1. The van der Waals surface area contributed by atoms with Crippen LogP contribution in [0.15, 0.2) is 60.4 Å². The first-order chi connectivity index (χ1) is 16.7. The number of benzene rings is 1. The molecule has 1 amide bonds. The highest BCUT2D eigenvalue weighted by atomic mass is 19.1. The first-order valence-corrected chi connectivity index (χ1v) is 11.8. The minimum absolute atomic E-state index is 0.284. The van der Waals surface area contributed by atoms with Crippen LogP contribution in [-0.2, 0) is 11.2 Å². The molecular formula is C27H29FN4O3. The molecule has 8 heteroatoms. The van der Waals surface area contributed by atoms with Gasteiger partial charge in [-0.25, -0.2) is 18.9 Å². The number of fused-ring (bicyclic) bond motifs is 2. The normalized spacial score (nSPS) is 19.4. The van der Waals surface area contributed by atoms with Crippen molar-refractivity contribution in [3.8, 4) is 11.6 Å². The summed E-state index contributed by atoms with van der Waals surface area (Å²) in [6.07, 6.45) is 6.73. The molecule has 0 saturated carbocycles. The number of hydrogen-bond acceptors (Lipinski definition) is 5. The maximum Gasteiger partial charge on any atom is 0.410 e. The predicted octanol–water partition coefficient (Wildman–Crippen LogP) is 5.05. The quantitative estimate of drug-likeness (QED) is 0.527. The molecule has 1 unspecified atom stereocenters. The Balaban J connectivity index is 1.48. The van der Waals surface area contributed by atoms with E-state index in [2.05, 4.69) is 16.2 Å². The molecule has 182 valence electrons. The average Bonchev–Trinajstić information content (AvgIpc) is 3.23. The zero-order valence-electron chi connectivity index (χ0n) is 20.2. The Morgan fingerprint density at radius 3 is 2.69 bits per heavy atom. The summed E-state index contributed by atoms with van der Waals surface area (Å²) in [6, 6.07) is 11.9. The van der Waals surface area contributed by atoms with Crippen LogP contribution in [0.3, 0.4) is 0 Å². The molecule has 1 saturated heterocycles. The van der Waals surface area contributed by atoms with Gasteiger partial charge >= 0.3 is 6.09 Å². The molecule has 1 aromatic carbocycles. The molecule has 3 heterocycles. The second-order valence-electron chi connectivity index (χ2n) is 10.2. The minimum Gasteiger partial charge on any atom is -0.477 e. The van der Waals surface area contributed by atoms with Crippen LogP contribution in [0.25, 0.3) is 11.8 Å². The Labute approximate surface area is 204 Å². The smallest absolute Gasteiger partial charge is 0.410 e. The van der Waals surface area contributed by atoms with Crippen molar-refractivity contribution in [2.45, 2.75) is 39.2 Å². The number of amides is 1. The molecule has 2 aromatic heterocycles. The Kier molecular flexibility index (Phi) is 5.83. The van der Waals surface area contributed by atoms with Crippen molar-refractivity contribution in [1.29, 1.82) is 0 Å². The summed E-state index contributed by atoms with van der Waals surface area (Å²) in [5.41, 5.74) is 3.02. The van der Waals surface area contributed by atoms with E-state index in [0.717, 1.165) is 16.9 Å². The lowest BCUT2D eigenvalue weighted by atomic mass is 9.69. The summed E-state index contributed by atoms with van der Waals surface area (Å²) in [5, 5.41) is 4.60. The standard InChI is InChI=1S/C27H29FN4O3/c1-26(2,3)35-25(33)31-13-11-20-14-23-19(16-30-32(23)22-9-7-21(28)8-10-22)15-27(20,17-31)18-34-24-6-4-5-12-29-24/h4-10,12,14,16H,11,13,15,17-18H2,1-3H3. The van der Waals surface area contributed by atoms with E-state index in [-0.39, 0.29) is 11.9 Å². The van der Waals surface area contributed by atoms with Crippen LogP contribution >= 0.6 is 0 Å². The lowest BCUT2D eigenvalue weighted by Gasteiger charge is -2.46. The van der Waals surface area contributed by atoms with Gasteiger partial charge in [0.05, 0.1) is 17.6 Å². The molecule has 1 aliphatic heterocycles. The van der Waals surface area contributed by atoms with Crippen LogP contribution in [0.5, 0.6) is 5.88 Å². The number of hydrogen-bond donors (Lipinski definition) is 0. The van der Waals surface area contributed by atoms with E-state index >= 15 is 0 Å². The number of pyridine rings is 1. The summed E-state index contributed by atoms with van der Waals surface area (Å²) < 4.78 is 27.1. The molecule has 0 radical (unpaired) electrons. The predicted molar refractivity (Wildman–Crippen MR) is 130 cm³/mol. The molecule has 1 atom stereocenters. The first-order valence-electron chi connectivity index (χ1n) is 11.8. The van der Waals surface area contributed by atoms with E-state index in [1.807, 2.05) is 49.8 Å². The summed E-state index contributed by atoms with van der Waals surface area (Å²) in [4.78, 5) is 19.0. The Morgan fingerprint density at radius 1 is 1.17 bits per heavy atom. The second kappa shape index (κ2) is 8.83. The van der Waals surface area contributed by atoms with Gasteiger partial charge < -0.3 is 14.4 Å². The molecule has 5 rings (SSSR count). The van der Waals surface area contributed by atoms with Gasteiger partial charge in [0.1, 0.15) is 18.0 Å². The topological polar surface area (TPSA) is 69.5 Å². The summed E-state index contributed by atoms with van der Waals surface area (Å²) in [7, 11) is 0. The number of carbonyl (C=O) groups is 1. The highest BCUT2D eigenvalue weighted by Gasteiger charge is 2.45. The van der Waals surface area contributed by atoms with Gasteiger partial charge in [0.15, 0.2) is 0 Å². The van der Waals surface area contributed by atoms with Crippen molar-refractivity contribution in [1.82, 2.24) is 19.7 Å². The Morgan fingerprint density at radius 2 is 1.97 bits per heavy atom. The molecule has 7 nitrogen and oxygen atoms in total. The van der Waals surface area contributed by atoms with Gasteiger partial charge in [-0.2, -0.15) is 5.10 Å². The average molecular weight is 477 g/mol. The maximum atomic E-state index is 13.5. The molecule has 0 N–H and O–H groups in total. The van der Waals surface area contributed by atoms with Gasteiger partial charge in [-0.3, -0.25) is 0 Å². The third-order valence-corrected chi connectivity index (χ3v) is 6.41. The number of ether oxygens (including phenoxy) is 2. The summed E-state index contributed by atoms with van der Waals surface area (Å²) in [6.45, 7) is 7.02. The monoisotopic (exact) mass is 476 g/mol. The van der Waals surface area contributed by atoms with Crippen LogP contribution in [0.1, 0.15) is 38.4 Å². The zero-order valence-corrected chi connectivity index (χ0v) is 20.2. The fraction of sp³-hybridized carbons (Fsp3) is 0.370. The van der Waals surface area contributed by atoms with Crippen LogP contribution < -0.4 is 4.74 Å². The molecular weight excluding hydrogens is 447 g/mol. The lowest BCUT2D eigenvalue weighted by Crippen LogP contribution is -2.53.